The Hall–Kier alpha value is -2.13. The summed E-state index contributed by atoms with van der Waals surface area (Å²) in [6.45, 7) is 1.52. The highest BCUT2D eigenvalue weighted by molar-refractivity contribution is 5.10. The van der Waals surface area contributed by atoms with Gasteiger partial charge in [-0.3, -0.25) is 14.3 Å². The van der Waals surface area contributed by atoms with E-state index in [0.29, 0.717) is 5.56 Å². The molecule has 0 aliphatic carbocycles. The number of nitrogens with one attached hydrogen (secondary N) is 1. The number of H-pyrrole nitrogens is 1. The molecule has 3 heterocycles. The van der Waals surface area contributed by atoms with Crippen molar-refractivity contribution in [1.82, 2.24) is 9.55 Å². The van der Waals surface area contributed by atoms with Crippen molar-refractivity contribution in [2.45, 2.75) is 31.0 Å². The summed E-state index contributed by atoms with van der Waals surface area (Å²) >= 11 is 0. The van der Waals surface area contributed by atoms with Gasteiger partial charge >= 0.3 is 5.69 Å². The van der Waals surface area contributed by atoms with Crippen LogP contribution >= 0.6 is 0 Å². The van der Waals surface area contributed by atoms with Gasteiger partial charge in [-0.05, 0) is 12.5 Å². The molecule has 0 amide bonds. The average molecular weight is 295 g/mol. The van der Waals surface area contributed by atoms with Gasteiger partial charge in [-0.15, -0.1) is 0 Å². The van der Waals surface area contributed by atoms with E-state index in [1.165, 1.54) is 10.8 Å². The summed E-state index contributed by atoms with van der Waals surface area (Å²) in [7, 11) is 0. The first-order chi connectivity index (χ1) is 9.98. The van der Waals surface area contributed by atoms with E-state index in [0.717, 1.165) is 0 Å². The third-order valence-corrected chi connectivity index (χ3v) is 3.83. The lowest BCUT2D eigenvalue weighted by atomic mass is 10.00. The lowest BCUT2D eigenvalue weighted by molar-refractivity contribution is -0.170. The number of aryl methyl sites for hydroxylation is 1. The highest BCUT2D eigenvalue weighted by Gasteiger charge is 2.61. The van der Waals surface area contributed by atoms with Crippen LogP contribution in [0.5, 0.6) is 0 Å². The van der Waals surface area contributed by atoms with Gasteiger partial charge in [0.05, 0.1) is 13.2 Å². The van der Waals surface area contributed by atoms with Crippen LogP contribution < -0.4 is 11.2 Å². The quantitative estimate of drug-likeness (QED) is 0.425. The minimum atomic E-state index is -1.16. The molecule has 3 rings (SSSR count). The number of aromatic nitrogens is 2. The number of aromatic amines is 1. The van der Waals surface area contributed by atoms with E-state index >= 15 is 0 Å². The molecule has 10 heteroatoms. The van der Waals surface area contributed by atoms with E-state index in [4.69, 9.17) is 15.0 Å². The molecule has 1 unspecified atom stereocenters. The number of nitrogens with zero attached hydrogens (tertiary/aromatic N) is 4. The first-order valence-electron chi connectivity index (χ1n) is 6.29. The van der Waals surface area contributed by atoms with E-state index in [1.807, 2.05) is 0 Å². The van der Waals surface area contributed by atoms with Crippen molar-refractivity contribution in [2.75, 3.05) is 13.2 Å². The Morgan fingerprint density at radius 3 is 3.14 bits per heavy atom. The molecular weight excluding hydrogens is 282 g/mol. The molecule has 2 aliphatic rings. The van der Waals surface area contributed by atoms with Crippen molar-refractivity contribution in [1.29, 1.82) is 0 Å². The smallest absolute Gasteiger partial charge is 0.330 e. The number of azide groups is 1. The maximum Gasteiger partial charge on any atom is 0.330 e. The summed E-state index contributed by atoms with van der Waals surface area (Å²) < 4.78 is 12.3. The Kier molecular flexibility index (Phi) is 3.10. The van der Waals surface area contributed by atoms with Gasteiger partial charge in [0.15, 0.2) is 6.23 Å². The number of hydrogen-bond acceptors (Lipinski definition) is 6. The summed E-state index contributed by atoms with van der Waals surface area (Å²) in [6.07, 6.45) is -1.32. The van der Waals surface area contributed by atoms with Crippen molar-refractivity contribution in [3.8, 4) is 0 Å². The Morgan fingerprint density at radius 1 is 1.67 bits per heavy atom. The molecule has 1 aromatic rings. The second kappa shape index (κ2) is 4.71. The minimum absolute atomic E-state index is 0.0748. The third kappa shape index (κ3) is 1.96. The fraction of sp³-hybridized carbons (Fsp3) is 0.636. The van der Waals surface area contributed by atoms with Gasteiger partial charge in [-0.2, -0.15) is 0 Å². The van der Waals surface area contributed by atoms with Crippen molar-refractivity contribution in [2.24, 2.45) is 5.11 Å². The van der Waals surface area contributed by atoms with Crippen LogP contribution in [-0.2, 0) is 9.47 Å². The van der Waals surface area contributed by atoms with E-state index in [1.54, 1.807) is 6.92 Å². The van der Waals surface area contributed by atoms with Gasteiger partial charge in [-0.25, -0.2) is 4.79 Å². The van der Waals surface area contributed by atoms with Crippen molar-refractivity contribution >= 4 is 0 Å². The number of ether oxygens (including phenoxy) is 2. The largest absolute Gasteiger partial charge is 0.387 e. The Labute approximate surface area is 117 Å². The monoisotopic (exact) mass is 295 g/mol. The van der Waals surface area contributed by atoms with Crippen LogP contribution in [0, 0.1) is 6.92 Å². The first-order valence-corrected chi connectivity index (χ1v) is 6.29. The number of aliphatic hydroxyl groups is 1. The number of aliphatic hydroxyl groups excluding tert-OH is 1. The highest BCUT2D eigenvalue weighted by atomic mass is 16.6. The maximum atomic E-state index is 11.9. The fourth-order valence-electron chi connectivity index (χ4n) is 2.68. The molecule has 10 nitrogen and oxygen atoms in total. The van der Waals surface area contributed by atoms with Crippen molar-refractivity contribution in [3.05, 3.63) is 43.0 Å². The molecule has 112 valence electrons. The van der Waals surface area contributed by atoms with Gasteiger partial charge in [0.2, 0.25) is 0 Å². The standard InChI is InChI=1S/C11H13N5O5/c1-5-2-16(10(19)14-8(5)18)9-6-7(17)11(21-9,4-20-6)3-13-15-12/h2,6-7,9,17H,3-4H2,1H3,(H,14,18,19)/t6?,7-,9-,11+/m1/s1. The SMILES string of the molecule is Cc1cn([C@@H]2O[C@@]3(CN=[N+]=[N-])COC2[C@H]3O)c(=O)[nH]c1=O. The number of rotatable bonds is 3. The van der Waals surface area contributed by atoms with Crippen LogP contribution in [0.3, 0.4) is 0 Å². The molecule has 0 aromatic carbocycles. The summed E-state index contributed by atoms with van der Waals surface area (Å²) in [5, 5.41) is 13.7. The van der Waals surface area contributed by atoms with Crippen LogP contribution in [0.2, 0.25) is 0 Å². The Morgan fingerprint density at radius 2 is 2.43 bits per heavy atom. The van der Waals surface area contributed by atoms with Gasteiger partial charge in [-0.1, -0.05) is 5.11 Å². The molecule has 4 atom stereocenters. The van der Waals surface area contributed by atoms with Gasteiger partial charge < -0.3 is 14.6 Å². The average Bonchev–Trinajstić information content (AvgIpc) is 2.91. The fourth-order valence-corrected chi connectivity index (χ4v) is 2.68. The molecule has 2 fully saturated rings. The van der Waals surface area contributed by atoms with E-state index < -0.39 is 35.3 Å². The van der Waals surface area contributed by atoms with Gasteiger partial charge in [0, 0.05) is 16.7 Å². The lowest BCUT2D eigenvalue weighted by Gasteiger charge is -2.30. The van der Waals surface area contributed by atoms with Crippen LogP contribution in [0.15, 0.2) is 20.9 Å². The molecular formula is C11H13N5O5. The molecule has 0 spiro atoms. The van der Waals surface area contributed by atoms with Gasteiger partial charge in [0.25, 0.3) is 5.56 Å². The summed E-state index contributed by atoms with van der Waals surface area (Å²) in [5.74, 6) is 0. The van der Waals surface area contributed by atoms with Crippen molar-refractivity contribution in [3.63, 3.8) is 0 Å². The zero-order valence-corrected chi connectivity index (χ0v) is 11.1. The van der Waals surface area contributed by atoms with Gasteiger partial charge in [0.1, 0.15) is 17.8 Å². The summed E-state index contributed by atoms with van der Waals surface area (Å²) in [6, 6.07) is 0. The van der Waals surface area contributed by atoms with E-state index in [9.17, 15) is 14.7 Å². The van der Waals surface area contributed by atoms with E-state index in [-0.39, 0.29) is 13.2 Å². The number of hydrogen-bond donors (Lipinski definition) is 2. The summed E-state index contributed by atoms with van der Waals surface area (Å²) in [5.41, 5.74) is 6.45. The second-order valence-corrected chi connectivity index (χ2v) is 5.16. The topological polar surface area (TPSA) is 142 Å². The molecule has 0 radical (unpaired) electrons. The molecule has 21 heavy (non-hydrogen) atoms. The highest BCUT2D eigenvalue weighted by Crippen LogP contribution is 2.44. The van der Waals surface area contributed by atoms with Crippen LogP contribution in [0.4, 0.5) is 0 Å². The summed E-state index contributed by atoms with van der Waals surface area (Å²) in [4.78, 5) is 28.1. The predicted molar refractivity (Wildman–Crippen MR) is 68.7 cm³/mol. The first kappa shape index (κ1) is 13.8. The Balaban J connectivity index is 2.00. The molecule has 2 N–H and O–H groups in total. The maximum absolute atomic E-state index is 11.9. The third-order valence-electron chi connectivity index (χ3n) is 3.83. The molecule has 0 saturated carbocycles. The predicted octanol–water partition coefficient (Wildman–Crippen LogP) is -0.817. The second-order valence-electron chi connectivity index (χ2n) is 5.16. The van der Waals surface area contributed by atoms with Crippen molar-refractivity contribution < 1.29 is 14.6 Å². The molecule has 2 saturated heterocycles. The zero-order valence-electron chi connectivity index (χ0n) is 11.1. The minimum Gasteiger partial charge on any atom is -0.387 e. The normalized spacial score (nSPS) is 33.9. The number of fused-ring (bicyclic) bond motifs is 2. The van der Waals surface area contributed by atoms with Crippen LogP contribution in [0.25, 0.3) is 10.4 Å². The Bertz CT molecular complexity index is 735. The molecule has 2 aliphatic heterocycles. The lowest BCUT2D eigenvalue weighted by Crippen LogP contribution is -2.44. The zero-order chi connectivity index (χ0) is 15.2. The van der Waals surface area contributed by atoms with Crippen LogP contribution in [-0.4, -0.2) is 45.6 Å². The van der Waals surface area contributed by atoms with E-state index in [2.05, 4.69) is 15.0 Å². The molecule has 2 bridgehead atoms. The molecule has 1 aromatic heterocycles. The van der Waals surface area contributed by atoms with Crippen LogP contribution in [0.1, 0.15) is 11.8 Å².